The van der Waals surface area contributed by atoms with Crippen molar-refractivity contribution in [1.82, 2.24) is 9.80 Å². The Hall–Kier alpha value is -1.00. The van der Waals surface area contributed by atoms with Crippen molar-refractivity contribution in [2.24, 2.45) is 0 Å². The molecule has 3 nitrogen and oxygen atoms in total. The fraction of sp³-hybridized carbons (Fsp3) is 0.611. The molecule has 0 saturated carbocycles. The largest absolute Gasteiger partial charge is 0.337 e. The standard InChI is InChI=1S/C18H28N2OS/c1-4-17(15-9-6-5-7-10-15)18(21)20-11-8-12-22-14-16(20)13-19(2)3/h5-7,9-10,16-17H,4,8,11-14H2,1-3H3/t16-,17+/m0/s1. The molecule has 122 valence electrons. The molecule has 1 aliphatic heterocycles. The van der Waals surface area contributed by atoms with E-state index in [0.29, 0.717) is 11.9 Å². The van der Waals surface area contributed by atoms with Crippen molar-refractivity contribution >= 4 is 17.7 Å². The van der Waals surface area contributed by atoms with Crippen LogP contribution in [0, 0.1) is 0 Å². The summed E-state index contributed by atoms with van der Waals surface area (Å²) >= 11 is 1.98. The maximum atomic E-state index is 13.2. The van der Waals surface area contributed by atoms with Crippen LogP contribution in [0.15, 0.2) is 30.3 Å². The van der Waals surface area contributed by atoms with Gasteiger partial charge < -0.3 is 9.80 Å². The minimum Gasteiger partial charge on any atom is -0.337 e. The number of hydrogen-bond donors (Lipinski definition) is 0. The maximum Gasteiger partial charge on any atom is 0.230 e. The molecule has 1 aliphatic rings. The Bertz CT molecular complexity index is 463. The third-order valence-corrected chi connectivity index (χ3v) is 5.40. The number of carbonyl (C=O) groups excluding carboxylic acids is 1. The van der Waals surface area contributed by atoms with Crippen molar-refractivity contribution in [2.45, 2.75) is 31.7 Å². The van der Waals surface area contributed by atoms with Crippen LogP contribution in [-0.2, 0) is 4.79 Å². The molecule has 1 aromatic carbocycles. The molecule has 22 heavy (non-hydrogen) atoms. The van der Waals surface area contributed by atoms with E-state index in [-0.39, 0.29) is 5.92 Å². The molecule has 0 radical (unpaired) electrons. The highest BCUT2D eigenvalue weighted by atomic mass is 32.2. The molecule has 4 heteroatoms. The van der Waals surface area contributed by atoms with Gasteiger partial charge in [-0.15, -0.1) is 0 Å². The lowest BCUT2D eigenvalue weighted by Crippen LogP contribution is -2.48. The number of nitrogens with zero attached hydrogens (tertiary/aromatic N) is 2. The van der Waals surface area contributed by atoms with Crippen LogP contribution < -0.4 is 0 Å². The summed E-state index contributed by atoms with van der Waals surface area (Å²) in [6.45, 7) is 3.96. The minimum atomic E-state index is -0.00559. The first kappa shape index (κ1) is 17.4. The van der Waals surface area contributed by atoms with E-state index in [1.54, 1.807) is 0 Å². The van der Waals surface area contributed by atoms with E-state index in [9.17, 15) is 4.79 Å². The lowest BCUT2D eigenvalue weighted by molar-refractivity contribution is -0.135. The van der Waals surface area contributed by atoms with Crippen LogP contribution in [0.5, 0.6) is 0 Å². The number of benzene rings is 1. The summed E-state index contributed by atoms with van der Waals surface area (Å²) in [6.07, 6.45) is 1.97. The number of rotatable bonds is 5. The lowest BCUT2D eigenvalue weighted by Gasteiger charge is -2.34. The predicted octanol–water partition coefficient (Wildman–Crippen LogP) is 3.08. The first-order chi connectivity index (χ1) is 10.6. The molecule has 1 fully saturated rings. The van der Waals surface area contributed by atoms with Gasteiger partial charge in [-0.2, -0.15) is 11.8 Å². The molecule has 0 bridgehead atoms. The SMILES string of the molecule is CC[C@@H](C(=O)N1CCCSC[C@@H]1CN(C)C)c1ccccc1. The number of carbonyl (C=O) groups is 1. The van der Waals surface area contributed by atoms with Crippen LogP contribution in [0.2, 0.25) is 0 Å². The molecule has 2 rings (SSSR count). The van der Waals surface area contributed by atoms with E-state index in [1.165, 1.54) is 0 Å². The van der Waals surface area contributed by atoms with E-state index in [0.717, 1.165) is 43.0 Å². The van der Waals surface area contributed by atoms with Gasteiger partial charge in [0.25, 0.3) is 0 Å². The lowest BCUT2D eigenvalue weighted by atomic mass is 9.94. The van der Waals surface area contributed by atoms with E-state index in [4.69, 9.17) is 0 Å². The zero-order valence-corrected chi connectivity index (χ0v) is 14.8. The van der Waals surface area contributed by atoms with Crippen molar-refractivity contribution in [3.63, 3.8) is 0 Å². The highest BCUT2D eigenvalue weighted by Gasteiger charge is 2.30. The van der Waals surface area contributed by atoms with Crippen molar-refractivity contribution in [2.75, 3.05) is 38.7 Å². The predicted molar refractivity (Wildman–Crippen MR) is 95.5 cm³/mol. The van der Waals surface area contributed by atoms with Gasteiger partial charge in [0, 0.05) is 18.8 Å². The van der Waals surface area contributed by atoms with Crippen LogP contribution in [0.1, 0.15) is 31.2 Å². The van der Waals surface area contributed by atoms with Gasteiger partial charge in [0.05, 0.1) is 12.0 Å². The summed E-state index contributed by atoms with van der Waals surface area (Å²) in [6, 6.07) is 10.6. The van der Waals surface area contributed by atoms with Gasteiger partial charge in [-0.1, -0.05) is 37.3 Å². The Kier molecular flexibility index (Phi) is 6.77. The first-order valence-corrected chi connectivity index (χ1v) is 9.36. The van der Waals surface area contributed by atoms with Gasteiger partial charge in [0.2, 0.25) is 5.91 Å². The van der Waals surface area contributed by atoms with Crippen LogP contribution in [-0.4, -0.2) is 60.4 Å². The number of likely N-dealkylation sites (N-methyl/N-ethyl adjacent to an activating group) is 1. The highest BCUT2D eigenvalue weighted by molar-refractivity contribution is 7.99. The Morgan fingerprint density at radius 3 is 2.73 bits per heavy atom. The second kappa shape index (κ2) is 8.59. The van der Waals surface area contributed by atoms with Gasteiger partial charge >= 0.3 is 0 Å². The Morgan fingerprint density at radius 2 is 2.09 bits per heavy atom. The zero-order chi connectivity index (χ0) is 15.9. The third-order valence-electron chi connectivity index (χ3n) is 4.21. The van der Waals surface area contributed by atoms with Crippen molar-refractivity contribution in [1.29, 1.82) is 0 Å². The Labute approximate surface area is 139 Å². The summed E-state index contributed by atoms with van der Waals surface area (Å²) < 4.78 is 0. The fourth-order valence-electron chi connectivity index (χ4n) is 3.13. The molecule has 1 heterocycles. The minimum absolute atomic E-state index is 0.00559. The maximum absolute atomic E-state index is 13.2. The second-order valence-corrected chi connectivity index (χ2v) is 7.40. The number of amides is 1. The number of hydrogen-bond acceptors (Lipinski definition) is 3. The molecule has 0 aliphatic carbocycles. The van der Waals surface area contributed by atoms with Crippen LogP contribution in [0.4, 0.5) is 0 Å². The molecular formula is C18H28N2OS. The second-order valence-electron chi connectivity index (χ2n) is 6.25. The quantitative estimate of drug-likeness (QED) is 0.833. The molecule has 0 aromatic heterocycles. The monoisotopic (exact) mass is 320 g/mol. The molecule has 2 atom stereocenters. The van der Waals surface area contributed by atoms with Gasteiger partial charge in [0.15, 0.2) is 0 Å². The van der Waals surface area contributed by atoms with E-state index in [1.807, 2.05) is 30.0 Å². The van der Waals surface area contributed by atoms with Crippen LogP contribution in [0.3, 0.4) is 0 Å². The van der Waals surface area contributed by atoms with E-state index in [2.05, 4.69) is 43.0 Å². The van der Waals surface area contributed by atoms with E-state index < -0.39 is 0 Å². The normalized spacial score (nSPS) is 20.7. The molecule has 0 unspecified atom stereocenters. The summed E-state index contributed by atoms with van der Waals surface area (Å²) in [5, 5.41) is 0. The van der Waals surface area contributed by atoms with Crippen LogP contribution >= 0.6 is 11.8 Å². The number of thioether (sulfide) groups is 1. The van der Waals surface area contributed by atoms with Crippen molar-refractivity contribution in [3.05, 3.63) is 35.9 Å². The molecular weight excluding hydrogens is 292 g/mol. The first-order valence-electron chi connectivity index (χ1n) is 8.21. The van der Waals surface area contributed by atoms with Crippen LogP contribution in [0.25, 0.3) is 0 Å². The average molecular weight is 321 g/mol. The smallest absolute Gasteiger partial charge is 0.230 e. The molecule has 1 aromatic rings. The molecule has 1 saturated heterocycles. The fourth-order valence-corrected chi connectivity index (χ4v) is 4.19. The Balaban J connectivity index is 2.18. The zero-order valence-electron chi connectivity index (χ0n) is 14.0. The highest BCUT2D eigenvalue weighted by Crippen LogP contribution is 2.26. The van der Waals surface area contributed by atoms with Gasteiger partial charge in [-0.05, 0) is 38.3 Å². The van der Waals surface area contributed by atoms with Gasteiger partial charge in [-0.3, -0.25) is 4.79 Å². The summed E-state index contributed by atoms with van der Waals surface area (Å²) in [7, 11) is 4.18. The van der Waals surface area contributed by atoms with Crippen molar-refractivity contribution in [3.8, 4) is 0 Å². The topological polar surface area (TPSA) is 23.6 Å². The van der Waals surface area contributed by atoms with E-state index >= 15 is 0 Å². The summed E-state index contributed by atoms with van der Waals surface area (Å²) in [5.41, 5.74) is 1.15. The molecule has 0 N–H and O–H groups in total. The average Bonchev–Trinajstić information content (AvgIpc) is 2.74. The molecule has 0 spiro atoms. The summed E-state index contributed by atoms with van der Waals surface area (Å²) in [4.78, 5) is 17.5. The van der Waals surface area contributed by atoms with Gasteiger partial charge in [0.1, 0.15) is 0 Å². The Morgan fingerprint density at radius 1 is 1.36 bits per heavy atom. The summed E-state index contributed by atoms with van der Waals surface area (Å²) in [5.74, 6) is 2.52. The third kappa shape index (κ3) is 4.50. The molecule has 1 amide bonds. The van der Waals surface area contributed by atoms with Gasteiger partial charge in [-0.25, -0.2) is 0 Å². The van der Waals surface area contributed by atoms with Crippen molar-refractivity contribution < 1.29 is 4.79 Å².